The van der Waals surface area contributed by atoms with E-state index >= 15 is 0 Å². The molecule has 5 nitrogen and oxygen atoms in total. The van der Waals surface area contributed by atoms with Crippen molar-refractivity contribution in [1.29, 1.82) is 0 Å². The lowest BCUT2D eigenvalue weighted by Gasteiger charge is -2.30. The second kappa shape index (κ2) is 8.14. The second-order valence-electron chi connectivity index (χ2n) is 7.11. The Bertz CT molecular complexity index is 985. The van der Waals surface area contributed by atoms with Crippen molar-refractivity contribution in [2.75, 3.05) is 27.0 Å². The van der Waals surface area contributed by atoms with E-state index in [-0.39, 0.29) is 22.1 Å². The molecule has 2 aliphatic rings. The van der Waals surface area contributed by atoms with Crippen molar-refractivity contribution in [1.82, 2.24) is 4.90 Å². The van der Waals surface area contributed by atoms with Crippen molar-refractivity contribution in [3.63, 3.8) is 0 Å². The number of ketones is 1. The summed E-state index contributed by atoms with van der Waals surface area (Å²) in [5, 5.41) is 0.218. The van der Waals surface area contributed by atoms with Crippen molar-refractivity contribution < 1.29 is 23.4 Å². The van der Waals surface area contributed by atoms with Gasteiger partial charge in [-0.15, -0.1) is 0 Å². The number of ether oxygens (including phenoxy) is 3. The van der Waals surface area contributed by atoms with Crippen LogP contribution in [0.3, 0.4) is 0 Å². The fourth-order valence-corrected chi connectivity index (χ4v) is 3.87. The molecule has 2 aliphatic heterocycles. The largest absolute Gasteiger partial charge is 0.477 e. The van der Waals surface area contributed by atoms with Gasteiger partial charge in [-0.05, 0) is 37.6 Å². The van der Waals surface area contributed by atoms with Gasteiger partial charge in [0.25, 0.3) is 0 Å². The monoisotopic (exact) mass is 417 g/mol. The van der Waals surface area contributed by atoms with Gasteiger partial charge in [0.15, 0.2) is 5.76 Å². The van der Waals surface area contributed by atoms with E-state index in [0.717, 1.165) is 29.8 Å². The van der Waals surface area contributed by atoms with Crippen LogP contribution in [-0.2, 0) is 11.3 Å². The molecule has 0 spiro atoms. The van der Waals surface area contributed by atoms with Gasteiger partial charge in [0.1, 0.15) is 24.0 Å². The molecular formula is C22H21ClFNO4. The zero-order valence-corrected chi connectivity index (χ0v) is 17.0. The first-order valence-electron chi connectivity index (χ1n) is 9.38. The first-order chi connectivity index (χ1) is 14.0. The molecule has 0 amide bonds. The molecule has 0 unspecified atom stereocenters. The minimum absolute atomic E-state index is 0.0504. The third-order valence-electron chi connectivity index (χ3n) is 5.10. The Morgan fingerprint density at radius 3 is 2.93 bits per heavy atom. The molecule has 7 heteroatoms. The van der Waals surface area contributed by atoms with Crippen LogP contribution >= 0.6 is 11.6 Å². The van der Waals surface area contributed by atoms with Crippen LogP contribution in [0.1, 0.15) is 33.5 Å². The molecule has 2 aromatic rings. The van der Waals surface area contributed by atoms with Crippen LogP contribution in [0.2, 0.25) is 5.02 Å². The van der Waals surface area contributed by atoms with Crippen molar-refractivity contribution in [2.45, 2.75) is 19.9 Å². The van der Waals surface area contributed by atoms with Gasteiger partial charge in [0, 0.05) is 43.5 Å². The number of carbonyl (C=O) groups is 1. The van der Waals surface area contributed by atoms with Gasteiger partial charge in [0.05, 0.1) is 10.6 Å². The highest BCUT2D eigenvalue weighted by molar-refractivity contribution is 6.32. The predicted molar refractivity (Wildman–Crippen MR) is 108 cm³/mol. The van der Waals surface area contributed by atoms with Crippen LogP contribution in [0.4, 0.5) is 4.39 Å². The van der Waals surface area contributed by atoms with Gasteiger partial charge in [-0.3, -0.25) is 9.69 Å². The average molecular weight is 418 g/mol. The molecule has 0 saturated carbocycles. The molecule has 0 fully saturated rings. The van der Waals surface area contributed by atoms with Gasteiger partial charge < -0.3 is 14.2 Å². The first-order valence-corrected chi connectivity index (χ1v) is 9.76. The molecular weight excluding hydrogens is 397 g/mol. The summed E-state index contributed by atoms with van der Waals surface area (Å²) >= 11 is 6.08. The molecule has 0 aliphatic carbocycles. The average Bonchev–Trinajstić information content (AvgIpc) is 3.01. The highest BCUT2D eigenvalue weighted by Crippen LogP contribution is 2.43. The number of benzene rings is 2. The SMILES string of the molecule is COCCCN1COc2c(cc3c(c2C)O/C(=C\c2c(F)cccc2Cl)C3=O)C1. The first kappa shape index (κ1) is 19.9. The Kier molecular flexibility index (Phi) is 5.58. The predicted octanol–water partition coefficient (Wildman–Crippen LogP) is 4.59. The Hall–Kier alpha value is -2.41. The van der Waals surface area contributed by atoms with E-state index in [0.29, 0.717) is 31.2 Å². The third-order valence-corrected chi connectivity index (χ3v) is 5.43. The summed E-state index contributed by atoms with van der Waals surface area (Å²) in [7, 11) is 1.68. The minimum atomic E-state index is -0.511. The summed E-state index contributed by atoms with van der Waals surface area (Å²) in [6, 6.07) is 6.19. The number of rotatable bonds is 5. The maximum atomic E-state index is 14.1. The number of allylic oxidation sites excluding steroid dienone is 1. The molecule has 2 aromatic carbocycles. The summed E-state index contributed by atoms with van der Waals surface area (Å²) in [6.07, 6.45) is 2.26. The second-order valence-corrected chi connectivity index (χ2v) is 7.52. The topological polar surface area (TPSA) is 48.0 Å². The zero-order valence-electron chi connectivity index (χ0n) is 16.3. The zero-order chi connectivity index (χ0) is 20.5. The molecule has 2 heterocycles. The van der Waals surface area contributed by atoms with E-state index in [4.69, 9.17) is 25.8 Å². The highest BCUT2D eigenvalue weighted by atomic mass is 35.5. The number of Topliss-reactive ketones (excluding diaryl/α,β-unsaturated/α-hetero) is 1. The molecule has 152 valence electrons. The standard InChI is InChI=1S/C22H21ClFNO4/c1-13-21-14(11-25(12-28-21)7-4-8-27-2)9-16-20(26)19(29-22(13)16)10-15-17(23)5-3-6-18(15)24/h3,5-6,9-10H,4,7-8,11-12H2,1-2H3/b19-10-. The van der Waals surface area contributed by atoms with Gasteiger partial charge in [-0.25, -0.2) is 4.39 Å². The van der Waals surface area contributed by atoms with E-state index in [2.05, 4.69) is 4.90 Å². The molecule has 29 heavy (non-hydrogen) atoms. The van der Waals surface area contributed by atoms with Crippen LogP contribution in [0.15, 0.2) is 30.0 Å². The quantitative estimate of drug-likeness (QED) is 0.526. The number of fused-ring (bicyclic) bond motifs is 2. The Morgan fingerprint density at radius 1 is 1.34 bits per heavy atom. The molecule has 0 saturated heterocycles. The van der Waals surface area contributed by atoms with E-state index in [1.54, 1.807) is 13.2 Å². The summed E-state index contributed by atoms with van der Waals surface area (Å²) in [5.41, 5.74) is 2.30. The van der Waals surface area contributed by atoms with Crippen LogP contribution in [0, 0.1) is 12.7 Å². The molecule has 0 radical (unpaired) electrons. The molecule has 0 N–H and O–H groups in total. The number of carbonyl (C=O) groups excluding carboxylic acids is 1. The Balaban J connectivity index is 1.64. The molecule has 0 bridgehead atoms. The van der Waals surface area contributed by atoms with Crippen LogP contribution in [0.5, 0.6) is 11.5 Å². The number of methoxy groups -OCH3 is 1. The number of halogens is 2. The lowest BCUT2D eigenvalue weighted by Crippen LogP contribution is -2.33. The van der Waals surface area contributed by atoms with Crippen LogP contribution in [-0.4, -0.2) is 37.7 Å². The maximum Gasteiger partial charge on any atom is 0.231 e. The van der Waals surface area contributed by atoms with Gasteiger partial charge in [-0.2, -0.15) is 0 Å². The lowest BCUT2D eigenvalue weighted by molar-refractivity contribution is 0.0826. The van der Waals surface area contributed by atoms with E-state index < -0.39 is 5.82 Å². The van der Waals surface area contributed by atoms with E-state index in [9.17, 15) is 9.18 Å². The number of hydrogen-bond acceptors (Lipinski definition) is 5. The van der Waals surface area contributed by atoms with Crippen molar-refractivity contribution >= 4 is 23.5 Å². The van der Waals surface area contributed by atoms with E-state index in [1.165, 1.54) is 18.2 Å². The third kappa shape index (κ3) is 3.75. The lowest BCUT2D eigenvalue weighted by atomic mass is 10.00. The Morgan fingerprint density at radius 2 is 2.17 bits per heavy atom. The van der Waals surface area contributed by atoms with Crippen LogP contribution < -0.4 is 9.47 Å². The fraction of sp³-hybridized carbons (Fsp3) is 0.318. The number of hydrogen-bond donors (Lipinski definition) is 0. The van der Waals surface area contributed by atoms with Gasteiger partial charge in [0.2, 0.25) is 5.78 Å². The van der Waals surface area contributed by atoms with E-state index in [1.807, 2.05) is 13.0 Å². The van der Waals surface area contributed by atoms with Crippen LogP contribution in [0.25, 0.3) is 6.08 Å². The summed E-state index contributed by atoms with van der Waals surface area (Å²) in [6.45, 7) is 4.54. The smallest absolute Gasteiger partial charge is 0.231 e. The molecule has 0 aromatic heterocycles. The highest BCUT2D eigenvalue weighted by Gasteiger charge is 2.33. The maximum absolute atomic E-state index is 14.1. The fourth-order valence-electron chi connectivity index (χ4n) is 3.65. The Labute approximate surface area is 173 Å². The normalized spacial score (nSPS) is 17.1. The van der Waals surface area contributed by atoms with Gasteiger partial charge in [-0.1, -0.05) is 17.7 Å². The minimum Gasteiger partial charge on any atom is -0.477 e. The number of nitrogens with zero attached hydrogens (tertiary/aromatic N) is 1. The van der Waals surface area contributed by atoms with Gasteiger partial charge >= 0.3 is 0 Å². The van der Waals surface area contributed by atoms with Crippen molar-refractivity contribution in [3.8, 4) is 11.5 Å². The molecule has 0 atom stereocenters. The summed E-state index contributed by atoms with van der Waals surface area (Å²) in [4.78, 5) is 15.1. The summed E-state index contributed by atoms with van der Waals surface area (Å²) < 4.78 is 31.0. The summed E-state index contributed by atoms with van der Waals surface area (Å²) in [5.74, 6) is 0.449. The molecule has 4 rings (SSSR count). The van der Waals surface area contributed by atoms with Crippen molar-refractivity contribution in [3.05, 3.63) is 63.1 Å². The van der Waals surface area contributed by atoms with Crippen molar-refractivity contribution in [2.24, 2.45) is 0 Å².